The second-order valence-corrected chi connectivity index (χ2v) is 4.18. The van der Waals surface area contributed by atoms with Crippen molar-refractivity contribution in [3.8, 4) is 0 Å². The summed E-state index contributed by atoms with van der Waals surface area (Å²) in [4.78, 5) is 2.74. The summed E-state index contributed by atoms with van der Waals surface area (Å²) < 4.78 is 5.55. The maximum Gasteiger partial charge on any atom is 0.0721 e. The zero-order valence-corrected chi connectivity index (χ0v) is 11.0. The first kappa shape index (κ1) is 13.9. The van der Waals surface area contributed by atoms with Crippen LogP contribution in [0, 0.1) is 0 Å². The molecular weight excluding hydrogens is 250 g/mol. The van der Waals surface area contributed by atoms with Gasteiger partial charge in [0, 0.05) is 10.6 Å². The Morgan fingerprint density at radius 3 is 2.50 bits per heavy atom. The van der Waals surface area contributed by atoms with E-state index in [1.807, 2.05) is 54.6 Å². The Morgan fingerprint density at radius 2 is 1.80 bits per heavy atom. The number of nitrogens with zero attached hydrogens (tertiary/aromatic N) is 3. The summed E-state index contributed by atoms with van der Waals surface area (Å²) in [6, 6.07) is 17.4. The molecule has 0 heterocycles. The van der Waals surface area contributed by atoms with E-state index in [4.69, 9.17) is 10.3 Å². The Balaban J connectivity index is 1.76. The van der Waals surface area contributed by atoms with E-state index in [0.29, 0.717) is 18.9 Å². The molecule has 100 valence electrons. The van der Waals surface area contributed by atoms with Gasteiger partial charge in [0.15, 0.2) is 0 Å². The lowest BCUT2D eigenvalue weighted by molar-refractivity contribution is 0.149. The number of ether oxygens (including phenoxy) is 1. The van der Waals surface area contributed by atoms with E-state index in [9.17, 15) is 0 Å². The zero-order valence-electron chi connectivity index (χ0n) is 11.0. The summed E-state index contributed by atoms with van der Waals surface area (Å²) in [5.74, 6) is 0. The van der Waals surface area contributed by atoms with E-state index in [-0.39, 0.29) is 0 Å². The van der Waals surface area contributed by atoms with E-state index < -0.39 is 0 Å². The number of benzene rings is 2. The highest BCUT2D eigenvalue weighted by Gasteiger charge is 1.93. The Hall–Kier alpha value is -2.55. The molecule has 0 saturated carbocycles. The monoisotopic (exact) mass is 265 g/mol. The van der Waals surface area contributed by atoms with E-state index in [2.05, 4.69) is 10.0 Å². The molecule has 2 aromatic carbocycles. The summed E-state index contributed by atoms with van der Waals surface area (Å²) in [6.07, 6.45) is 4.02. The van der Waals surface area contributed by atoms with Crippen molar-refractivity contribution in [1.29, 1.82) is 0 Å². The molecule has 0 saturated heterocycles. The van der Waals surface area contributed by atoms with Crippen LogP contribution in [0.3, 0.4) is 0 Å². The highest BCUT2D eigenvalue weighted by Crippen LogP contribution is 2.13. The molecule has 0 aliphatic rings. The van der Waals surface area contributed by atoms with Gasteiger partial charge in [0.2, 0.25) is 0 Å². The molecule has 20 heavy (non-hydrogen) atoms. The van der Waals surface area contributed by atoms with Gasteiger partial charge in [-0.2, -0.15) is 0 Å². The fraction of sp³-hybridized carbons (Fsp3) is 0.125. The topological polar surface area (TPSA) is 58.0 Å². The van der Waals surface area contributed by atoms with Gasteiger partial charge in [0.25, 0.3) is 0 Å². The molecule has 0 atom stereocenters. The van der Waals surface area contributed by atoms with Crippen molar-refractivity contribution in [2.45, 2.75) is 6.61 Å². The van der Waals surface area contributed by atoms with Gasteiger partial charge in [0.1, 0.15) is 0 Å². The summed E-state index contributed by atoms with van der Waals surface area (Å²) in [7, 11) is 0. The van der Waals surface area contributed by atoms with Crippen LogP contribution in [0.2, 0.25) is 0 Å². The van der Waals surface area contributed by atoms with Gasteiger partial charge in [0.05, 0.1) is 13.2 Å². The first-order valence-electron chi connectivity index (χ1n) is 6.32. The lowest BCUT2D eigenvalue weighted by atomic mass is 10.2. The van der Waals surface area contributed by atoms with Crippen LogP contribution in [-0.2, 0) is 11.3 Å². The quantitative estimate of drug-likeness (QED) is 0.318. The van der Waals surface area contributed by atoms with Crippen LogP contribution >= 0.6 is 0 Å². The van der Waals surface area contributed by atoms with E-state index in [1.165, 1.54) is 0 Å². The van der Waals surface area contributed by atoms with Gasteiger partial charge in [-0.05, 0) is 16.7 Å². The second-order valence-electron chi connectivity index (χ2n) is 4.18. The number of hydrogen-bond acceptors (Lipinski definition) is 2. The van der Waals surface area contributed by atoms with Crippen LogP contribution in [0.15, 0.2) is 65.8 Å². The Labute approximate surface area is 118 Å². The first-order chi connectivity index (χ1) is 9.88. The highest BCUT2D eigenvalue weighted by atomic mass is 16.5. The fourth-order valence-electron chi connectivity index (χ4n) is 1.70. The van der Waals surface area contributed by atoms with Gasteiger partial charge in [-0.15, -0.1) is 0 Å². The predicted molar refractivity (Wildman–Crippen MR) is 80.4 cm³/mol. The van der Waals surface area contributed by atoms with E-state index >= 15 is 0 Å². The van der Waals surface area contributed by atoms with E-state index in [0.717, 1.165) is 11.1 Å². The molecule has 2 aromatic rings. The lowest BCUT2D eigenvalue weighted by Crippen LogP contribution is -1.92. The molecule has 0 amide bonds. The Morgan fingerprint density at radius 1 is 1.05 bits per heavy atom. The predicted octanol–water partition coefficient (Wildman–Crippen LogP) is 4.86. The van der Waals surface area contributed by atoms with Gasteiger partial charge < -0.3 is 4.74 Å². The molecule has 2 rings (SSSR count). The van der Waals surface area contributed by atoms with Crippen LogP contribution in [0.25, 0.3) is 16.5 Å². The molecule has 0 aliphatic heterocycles. The maximum atomic E-state index is 8.31. The highest BCUT2D eigenvalue weighted by molar-refractivity contribution is 5.48. The maximum absolute atomic E-state index is 8.31. The summed E-state index contributed by atoms with van der Waals surface area (Å²) in [5.41, 5.74) is 11.1. The number of rotatable bonds is 6. The van der Waals surface area contributed by atoms with Crippen molar-refractivity contribution in [3.05, 3.63) is 82.2 Å². The first-order valence-corrected chi connectivity index (χ1v) is 6.32. The molecule has 0 bridgehead atoms. The molecule has 0 N–H and O–H groups in total. The van der Waals surface area contributed by atoms with Gasteiger partial charge >= 0.3 is 0 Å². The molecule has 4 heteroatoms. The third-order valence-electron chi connectivity index (χ3n) is 2.69. The van der Waals surface area contributed by atoms with Crippen molar-refractivity contribution in [3.63, 3.8) is 0 Å². The van der Waals surface area contributed by atoms with Crippen LogP contribution in [0.5, 0.6) is 0 Å². The summed E-state index contributed by atoms with van der Waals surface area (Å²) >= 11 is 0. The average Bonchev–Trinajstić information content (AvgIpc) is 2.50. The van der Waals surface area contributed by atoms with Crippen molar-refractivity contribution in [2.24, 2.45) is 5.11 Å². The molecule has 4 nitrogen and oxygen atoms in total. The van der Waals surface area contributed by atoms with Crippen LogP contribution in [-0.4, -0.2) is 6.61 Å². The molecular formula is C16H15N3O. The zero-order chi connectivity index (χ0) is 14.0. The van der Waals surface area contributed by atoms with Crippen molar-refractivity contribution < 1.29 is 4.74 Å². The molecule has 0 aliphatic carbocycles. The Bertz CT molecular complexity index is 599. The summed E-state index contributed by atoms with van der Waals surface area (Å²) in [6.45, 7) is 1.10. The van der Waals surface area contributed by atoms with Crippen molar-refractivity contribution in [2.75, 3.05) is 6.61 Å². The van der Waals surface area contributed by atoms with Gasteiger partial charge in [-0.3, -0.25) is 0 Å². The molecule has 0 unspecified atom stereocenters. The minimum Gasteiger partial charge on any atom is -0.373 e. The van der Waals surface area contributed by atoms with Gasteiger partial charge in [-0.25, -0.2) is 0 Å². The minimum absolute atomic E-state index is 0.537. The second kappa shape index (κ2) is 7.79. The van der Waals surface area contributed by atoms with Crippen molar-refractivity contribution in [1.82, 2.24) is 0 Å². The van der Waals surface area contributed by atoms with E-state index in [1.54, 1.807) is 12.1 Å². The fourth-order valence-corrected chi connectivity index (χ4v) is 1.70. The molecule has 0 aromatic heterocycles. The Kier molecular flexibility index (Phi) is 5.40. The number of azide groups is 1. The third-order valence-corrected chi connectivity index (χ3v) is 2.69. The third kappa shape index (κ3) is 4.61. The van der Waals surface area contributed by atoms with Crippen molar-refractivity contribution >= 4 is 11.8 Å². The lowest BCUT2D eigenvalue weighted by Gasteiger charge is -2.02. The molecule has 0 fully saturated rings. The van der Waals surface area contributed by atoms with Gasteiger partial charge in [-0.1, -0.05) is 71.9 Å². The SMILES string of the molecule is [N-]=[N+]=Nc1ccc(COCC=Cc2ccccc2)cc1. The standard InChI is InChI=1S/C16H15N3O/c17-19-18-16-10-8-15(9-11-16)13-20-12-4-7-14-5-2-1-3-6-14/h1-11H,12-13H2. The normalized spacial score (nSPS) is 10.4. The largest absolute Gasteiger partial charge is 0.373 e. The van der Waals surface area contributed by atoms with Crippen LogP contribution in [0.4, 0.5) is 5.69 Å². The minimum atomic E-state index is 0.537. The molecule has 0 radical (unpaired) electrons. The summed E-state index contributed by atoms with van der Waals surface area (Å²) in [5, 5.41) is 3.52. The smallest absolute Gasteiger partial charge is 0.0721 e. The molecule has 0 spiro atoms. The van der Waals surface area contributed by atoms with Crippen LogP contribution in [0.1, 0.15) is 11.1 Å². The van der Waals surface area contributed by atoms with Crippen LogP contribution < -0.4 is 0 Å². The number of hydrogen-bond donors (Lipinski definition) is 0. The average molecular weight is 265 g/mol.